The summed E-state index contributed by atoms with van der Waals surface area (Å²) in [5, 5.41) is 26.9. The van der Waals surface area contributed by atoms with E-state index in [0.717, 1.165) is 64.2 Å². The summed E-state index contributed by atoms with van der Waals surface area (Å²) < 4.78 is 8.21. The number of aromatic nitrogens is 6. The number of amides is 1. The van der Waals surface area contributed by atoms with Gasteiger partial charge in [0.05, 0.1) is 23.9 Å². The third kappa shape index (κ3) is 6.23. The summed E-state index contributed by atoms with van der Waals surface area (Å²) in [6.07, 6.45) is 6.01. The number of benzene rings is 4. The highest BCUT2D eigenvalue weighted by Gasteiger charge is 2.43. The summed E-state index contributed by atoms with van der Waals surface area (Å²) in [5.74, 6) is -0.103. The Bertz CT molecular complexity index is 2060. The molecule has 11 nitrogen and oxygen atoms in total. The van der Waals surface area contributed by atoms with Crippen LogP contribution >= 0.6 is 0 Å². The molecule has 48 heavy (non-hydrogen) atoms. The van der Waals surface area contributed by atoms with Gasteiger partial charge < -0.3 is 19.3 Å². The van der Waals surface area contributed by atoms with Crippen molar-refractivity contribution in [3.8, 4) is 28.3 Å². The Morgan fingerprint density at radius 2 is 1.77 bits per heavy atom. The van der Waals surface area contributed by atoms with Crippen molar-refractivity contribution in [3.05, 3.63) is 91.3 Å². The lowest BCUT2D eigenvalue weighted by molar-refractivity contribution is -0.149. The second-order valence-corrected chi connectivity index (χ2v) is 12.3. The number of hydrogen-bond acceptors (Lipinski definition) is 7. The van der Waals surface area contributed by atoms with Crippen LogP contribution in [-0.4, -0.2) is 70.7 Å². The lowest BCUT2D eigenvalue weighted by Gasteiger charge is -2.28. The molecule has 11 heteroatoms. The van der Waals surface area contributed by atoms with Crippen molar-refractivity contribution in [2.45, 2.75) is 63.6 Å². The first-order valence-electron chi connectivity index (χ1n) is 16.5. The molecule has 0 aliphatic carbocycles. The predicted octanol–water partition coefficient (Wildman–Crippen LogP) is 6.68. The number of tetrazole rings is 1. The van der Waals surface area contributed by atoms with Crippen molar-refractivity contribution >= 4 is 33.7 Å². The molecule has 0 bridgehead atoms. The van der Waals surface area contributed by atoms with Crippen LogP contribution in [0.5, 0.6) is 5.75 Å². The Morgan fingerprint density at radius 1 is 0.958 bits per heavy atom. The second kappa shape index (κ2) is 13.6. The summed E-state index contributed by atoms with van der Waals surface area (Å²) in [4.78, 5) is 33.2. The van der Waals surface area contributed by atoms with Crippen LogP contribution in [0, 0.1) is 0 Å². The monoisotopic (exact) mass is 643 g/mol. The maximum atomic E-state index is 14.4. The number of carboxylic acids is 1. The van der Waals surface area contributed by atoms with E-state index >= 15 is 0 Å². The molecule has 2 aromatic heterocycles. The zero-order chi connectivity index (χ0) is 33.0. The molecule has 1 aliphatic rings. The molecule has 0 spiro atoms. The van der Waals surface area contributed by atoms with E-state index in [2.05, 4.69) is 27.5 Å². The van der Waals surface area contributed by atoms with E-state index in [4.69, 9.17) is 9.72 Å². The number of fused-ring (bicyclic) bond motifs is 2. The highest BCUT2D eigenvalue weighted by atomic mass is 16.5. The molecule has 244 valence electrons. The Morgan fingerprint density at radius 3 is 2.56 bits per heavy atom. The first kappa shape index (κ1) is 31.0. The fourth-order valence-corrected chi connectivity index (χ4v) is 6.78. The zero-order valence-electron chi connectivity index (χ0n) is 26.7. The van der Waals surface area contributed by atoms with Crippen LogP contribution in [0.3, 0.4) is 0 Å². The van der Waals surface area contributed by atoms with E-state index in [0.29, 0.717) is 18.0 Å². The highest BCUT2D eigenvalue weighted by Crippen LogP contribution is 2.34. The van der Waals surface area contributed by atoms with Crippen LogP contribution in [0.2, 0.25) is 0 Å². The molecular weight excluding hydrogens is 606 g/mol. The molecule has 1 saturated heterocycles. The number of likely N-dealkylation sites (tertiary alicyclic amines) is 1. The van der Waals surface area contributed by atoms with Crippen LogP contribution in [0.25, 0.3) is 44.3 Å². The molecule has 0 radical (unpaired) electrons. The fourth-order valence-electron chi connectivity index (χ4n) is 6.78. The van der Waals surface area contributed by atoms with Crippen molar-refractivity contribution in [2.24, 2.45) is 0 Å². The Hall–Kier alpha value is -5.58. The summed E-state index contributed by atoms with van der Waals surface area (Å²) in [7, 11) is 0. The summed E-state index contributed by atoms with van der Waals surface area (Å²) in [5.41, 5.74) is 4.23. The minimum atomic E-state index is -1.03. The summed E-state index contributed by atoms with van der Waals surface area (Å²) in [6.45, 7) is 2.34. The number of carboxylic acid groups (broad SMARTS) is 1. The van der Waals surface area contributed by atoms with Crippen LogP contribution in [0.1, 0.15) is 51.5 Å². The van der Waals surface area contributed by atoms with E-state index in [1.165, 1.54) is 4.90 Å². The van der Waals surface area contributed by atoms with Gasteiger partial charge in [-0.1, -0.05) is 93.3 Å². The smallest absolute Gasteiger partial charge is 0.326 e. The molecule has 4 aromatic carbocycles. The largest absolute Gasteiger partial charge is 0.488 e. The van der Waals surface area contributed by atoms with Gasteiger partial charge in [-0.15, -0.1) is 10.2 Å². The molecule has 1 unspecified atom stereocenters. The number of imidazole rings is 1. The molecule has 0 saturated carbocycles. The lowest BCUT2D eigenvalue weighted by Crippen LogP contribution is -2.44. The average molecular weight is 644 g/mol. The molecule has 3 heterocycles. The SMILES string of the molecule is CCCCCCC(C(=O)N1C[C@@H](Oc2ccc3ccccc3c2)C[C@H]1C(=O)O)n1cnc2cc(-c3ccccc3-c3nn[nH]n3)ccc21. The number of nitrogens with zero attached hydrogens (tertiary/aromatic N) is 6. The number of aliphatic carboxylic acids is 1. The topological polar surface area (TPSA) is 139 Å². The van der Waals surface area contributed by atoms with Gasteiger partial charge >= 0.3 is 5.97 Å². The van der Waals surface area contributed by atoms with Gasteiger partial charge in [-0.25, -0.2) is 9.78 Å². The van der Waals surface area contributed by atoms with Crippen LogP contribution < -0.4 is 4.74 Å². The van der Waals surface area contributed by atoms with E-state index in [-0.39, 0.29) is 18.9 Å². The van der Waals surface area contributed by atoms with Gasteiger partial charge in [0, 0.05) is 12.0 Å². The minimum Gasteiger partial charge on any atom is -0.488 e. The number of ether oxygens (including phenoxy) is 1. The number of H-pyrrole nitrogens is 1. The van der Waals surface area contributed by atoms with Gasteiger partial charge in [0.1, 0.15) is 23.9 Å². The van der Waals surface area contributed by atoms with Crippen molar-refractivity contribution in [2.75, 3.05) is 6.54 Å². The van der Waals surface area contributed by atoms with Gasteiger partial charge in [0.2, 0.25) is 11.7 Å². The zero-order valence-corrected chi connectivity index (χ0v) is 26.7. The highest BCUT2D eigenvalue weighted by molar-refractivity contribution is 5.91. The summed E-state index contributed by atoms with van der Waals surface area (Å²) >= 11 is 0. The van der Waals surface area contributed by atoms with Crippen molar-refractivity contribution < 1.29 is 19.4 Å². The molecule has 6 aromatic rings. The van der Waals surface area contributed by atoms with E-state index in [1.54, 1.807) is 6.33 Å². The number of rotatable bonds is 12. The van der Waals surface area contributed by atoms with E-state index < -0.39 is 24.2 Å². The maximum Gasteiger partial charge on any atom is 0.326 e. The van der Waals surface area contributed by atoms with Gasteiger partial charge in [0.15, 0.2) is 0 Å². The minimum absolute atomic E-state index is 0.192. The number of hydrogen-bond donors (Lipinski definition) is 2. The van der Waals surface area contributed by atoms with Gasteiger partial charge in [0.25, 0.3) is 0 Å². The second-order valence-electron chi connectivity index (χ2n) is 12.3. The Labute approximate surface area is 277 Å². The number of unbranched alkanes of at least 4 members (excludes halogenated alkanes) is 3. The van der Waals surface area contributed by atoms with Crippen LogP contribution in [0.4, 0.5) is 0 Å². The fraction of sp³-hybridized carbons (Fsp3) is 0.297. The Kier molecular flexibility index (Phi) is 8.82. The number of aromatic amines is 1. The number of carbonyl (C=O) groups excluding carboxylic acids is 1. The molecule has 2 N–H and O–H groups in total. The maximum absolute atomic E-state index is 14.4. The van der Waals surface area contributed by atoms with Gasteiger partial charge in [-0.05, 0) is 57.8 Å². The average Bonchev–Trinajstić information content (AvgIpc) is 3.89. The third-order valence-electron chi connectivity index (χ3n) is 9.21. The van der Waals surface area contributed by atoms with E-state index in [1.807, 2.05) is 89.5 Å². The third-order valence-corrected chi connectivity index (χ3v) is 9.21. The van der Waals surface area contributed by atoms with Gasteiger partial charge in [-0.3, -0.25) is 4.79 Å². The molecule has 1 aliphatic heterocycles. The molecule has 7 rings (SSSR count). The number of nitrogens with one attached hydrogen (secondary N) is 1. The standard InChI is InChI=1S/C37H37N7O4/c1-2-3-4-5-14-33(36(45)43-22-28(21-34(43)37(46)47)48-27-17-15-24-10-6-7-11-25(24)19-27)44-23-38-31-20-26(16-18-32(31)44)29-12-8-9-13-30(29)35-39-41-42-40-35/h6-13,15-20,23,28,33-34H,2-5,14,21-22H2,1H3,(H,46,47)(H,39,40,41,42)/t28-,33?,34-/m0/s1. The molecule has 1 amide bonds. The van der Waals surface area contributed by atoms with Crippen LogP contribution in [0.15, 0.2) is 91.3 Å². The van der Waals surface area contributed by atoms with E-state index in [9.17, 15) is 14.7 Å². The predicted molar refractivity (Wildman–Crippen MR) is 182 cm³/mol. The molecule has 3 atom stereocenters. The number of carbonyl (C=O) groups is 2. The van der Waals surface area contributed by atoms with Crippen LogP contribution in [-0.2, 0) is 9.59 Å². The first-order valence-corrected chi connectivity index (χ1v) is 16.5. The Balaban J connectivity index is 1.17. The molecular formula is C37H37N7O4. The normalized spacial score (nSPS) is 16.8. The summed E-state index contributed by atoms with van der Waals surface area (Å²) in [6, 6.07) is 26.1. The molecule has 1 fully saturated rings. The first-order chi connectivity index (χ1) is 23.5. The van der Waals surface area contributed by atoms with Crippen molar-refractivity contribution in [3.63, 3.8) is 0 Å². The lowest BCUT2D eigenvalue weighted by atomic mass is 9.98. The van der Waals surface area contributed by atoms with Crippen molar-refractivity contribution in [1.82, 2.24) is 35.1 Å². The van der Waals surface area contributed by atoms with Crippen molar-refractivity contribution in [1.29, 1.82) is 0 Å². The van der Waals surface area contributed by atoms with Gasteiger partial charge in [-0.2, -0.15) is 5.21 Å². The quantitative estimate of drug-likeness (QED) is 0.141.